The van der Waals surface area contributed by atoms with Gasteiger partial charge in [0.1, 0.15) is 0 Å². The van der Waals surface area contributed by atoms with E-state index in [1.807, 2.05) is 18.2 Å². The van der Waals surface area contributed by atoms with Gasteiger partial charge in [-0.1, -0.05) is 6.92 Å². The van der Waals surface area contributed by atoms with Crippen LogP contribution in [-0.2, 0) is 4.79 Å². The summed E-state index contributed by atoms with van der Waals surface area (Å²) in [4.78, 5) is 11.5. The molecule has 1 aromatic rings. The molecule has 0 bridgehead atoms. The molecule has 0 aromatic heterocycles. The van der Waals surface area contributed by atoms with Gasteiger partial charge in [-0.15, -0.1) is 0 Å². The van der Waals surface area contributed by atoms with Gasteiger partial charge in [-0.3, -0.25) is 4.79 Å². The molecule has 124 valence electrons. The molecule has 1 aromatic carbocycles. The number of hydrogen-bond acceptors (Lipinski definition) is 4. The molecule has 2 aliphatic rings. The Morgan fingerprint density at radius 1 is 1.26 bits per heavy atom. The zero-order chi connectivity index (χ0) is 16.2. The summed E-state index contributed by atoms with van der Waals surface area (Å²) in [6.07, 6.45) is 6.29. The number of carbonyl (C=O) groups excluding carboxylic acids is 1. The van der Waals surface area contributed by atoms with Gasteiger partial charge in [-0.2, -0.15) is 5.10 Å². The van der Waals surface area contributed by atoms with E-state index in [1.165, 1.54) is 12.8 Å². The van der Waals surface area contributed by atoms with Crippen LogP contribution in [0.25, 0.3) is 0 Å². The highest BCUT2D eigenvalue weighted by atomic mass is 16.5. The number of carbonyl (C=O) groups is 1. The van der Waals surface area contributed by atoms with Gasteiger partial charge in [0.2, 0.25) is 5.91 Å². The zero-order valence-electron chi connectivity index (χ0n) is 13.8. The van der Waals surface area contributed by atoms with Crippen LogP contribution in [0.4, 0.5) is 0 Å². The lowest BCUT2D eigenvalue weighted by Crippen LogP contribution is -2.33. The van der Waals surface area contributed by atoms with Gasteiger partial charge >= 0.3 is 0 Å². The molecule has 1 aliphatic carbocycles. The number of nitrogens with zero attached hydrogens (tertiary/aromatic N) is 1. The second kappa shape index (κ2) is 7.02. The van der Waals surface area contributed by atoms with Crippen molar-refractivity contribution in [1.82, 2.24) is 5.43 Å². The van der Waals surface area contributed by atoms with Crippen molar-refractivity contribution in [3.63, 3.8) is 0 Å². The van der Waals surface area contributed by atoms with Crippen molar-refractivity contribution in [2.75, 3.05) is 7.11 Å². The maximum atomic E-state index is 11.5. The second-order valence-corrected chi connectivity index (χ2v) is 6.23. The number of methoxy groups -OCH3 is 1. The van der Waals surface area contributed by atoms with Gasteiger partial charge in [0, 0.05) is 17.9 Å². The summed E-state index contributed by atoms with van der Waals surface area (Å²) in [7, 11) is 1.66. The topological polar surface area (TPSA) is 59.9 Å². The van der Waals surface area contributed by atoms with Crippen molar-refractivity contribution >= 4 is 11.6 Å². The fourth-order valence-electron chi connectivity index (χ4n) is 3.33. The smallest absolute Gasteiger partial charge is 0.240 e. The molecular formula is C18H24N2O3. The average molecular weight is 316 g/mol. The summed E-state index contributed by atoms with van der Waals surface area (Å²) < 4.78 is 11.6. The molecule has 5 nitrogen and oxygen atoms in total. The highest BCUT2D eigenvalue weighted by Crippen LogP contribution is 2.33. The first kappa shape index (κ1) is 15.8. The Labute approximate surface area is 137 Å². The summed E-state index contributed by atoms with van der Waals surface area (Å²) in [5.74, 6) is 1.65. The van der Waals surface area contributed by atoms with Crippen molar-refractivity contribution < 1.29 is 14.3 Å². The molecular weight excluding hydrogens is 292 g/mol. The molecule has 5 heteroatoms. The van der Waals surface area contributed by atoms with Crippen molar-refractivity contribution in [3.05, 3.63) is 23.8 Å². The van der Waals surface area contributed by atoms with E-state index >= 15 is 0 Å². The zero-order valence-corrected chi connectivity index (χ0v) is 13.8. The molecule has 1 unspecified atom stereocenters. The number of nitrogens with one attached hydrogen (secondary N) is 1. The van der Waals surface area contributed by atoms with Crippen molar-refractivity contribution in [3.8, 4) is 11.5 Å². The number of hydrogen-bond donors (Lipinski definition) is 1. The third-order valence-electron chi connectivity index (χ3n) is 4.67. The van der Waals surface area contributed by atoms with Gasteiger partial charge in [0.05, 0.1) is 18.9 Å². The molecule has 0 saturated heterocycles. The normalized spacial score (nSPS) is 21.7. The standard InChI is InChI=1S/C18H24N2O3/c1-3-12-11-17(21)19-20-18(12)13-8-9-15(22-2)16(10-13)23-14-6-4-5-7-14/h8-10,12,14H,3-7,11H2,1-2H3,(H,19,21). The van der Waals surface area contributed by atoms with E-state index in [0.717, 1.165) is 42.0 Å². The van der Waals surface area contributed by atoms with E-state index in [0.29, 0.717) is 6.42 Å². The second-order valence-electron chi connectivity index (χ2n) is 6.23. The van der Waals surface area contributed by atoms with Crippen molar-refractivity contribution in [2.24, 2.45) is 11.0 Å². The average Bonchev–Trinajstić information content (AvgIpc) is 3.07. The third-order valence-corrected chi connectivity index (χ3v) is 4.67. The molecule has 1 amide bonds. The summed E-state index contributed by atoms with van der Waals surface area (Å²) in [6.45, 7) is 2.08. The Morgan fingerprint density at radius 3 is 2.74 bits per heavy atom. The summed E-state index contributed by atoms with van der Waals surface area (Å²) in [5, 5.41) is 4.28. The minimum Gasteiger partial charge on any atom is -0.493 e. The number of rotatable bonds is 5. The maximum Gasteiger partial charge on any atom is 0.240 e. The molecule has 3 rings (SSSR count). The van der Waals surface area contributed by atoms with Crippen molar-refractivity contribution in [2.45, 2.75) is 51.6 Å². The monoisotopic (exact) mass is 316 g/mol. The summed E-state index contributed by atoms with van der Waals surface area (Å²) in [5.41, 5.74) is 4.51. The number of hydrazone groups is 1. The minimum atomic E-state index is -0.0171. The van der Waals surface area contributed by atoms with E-state index in [2.05, 4.69) is 17.5 Å². The Morgan fingerprint density at radius 2 is 2.04 bits per heavy atom. The Bertz CT molecular complexity index is 606. The van der Waals surface area contributed by atoms with Crippen LogP contribution in [0.1, 0.15) is 51.0 Å². The number of amides is 1. The SMILES string of the molecule is CCC1CC(=O)NN=C1c1ccc(OC)c(OC2CCCC2)c1. The largest absolute Gasteiger partial charge is 0.493 e. The number of benzene rings is 1. The first-order chi connectivity index (χ1) is 11.2. The molecule has 1 saturated carbocycles. The van der Waals surface area contributed by atoms with E-state index in [-0.39, 0.29) is 17.9 Å². The minimum absolute atomic E-state index is 0.0171. The lowest BCUT2D eigenvalue weighted by molar-refractivity contribution is -0.122. The van der Waals surface area contributed by atoms with E-state index < -0.39 is 0 Å². The van der Waals surface area contributed by atoms with E-state index in [4.69, 9.17) is 9.47 Å². The Balaban J connectivity index is 1.88. The van der Waals surface area contributed by atoms with Crippen LogP contribution < -0.4 is 14.9 Å². The highest BCUT2D eigenvalue weighted by molar-refractivity contribution is 6.06. The lowest BCUT2D eigenvalue weighted by Gasteiger charge is -2.23. The van der Waals surface area contributed by atoms with Gasteiger partial charge < -0.3 is 9.47 Å². The maximum absolute atomic E-state index is 11.5. The summed E-state index contributed by atoms with van der Waals surface area (Å²) in [6, 6.07) is 5.90. The molecule has 1 atom stereocenters. The van der Waals surface area contributed by atoms with Crippen LogP contribution in [0.2, 0.25) is 0 Å². The summed E-state index contributed by atoms with van der Waals surface area (Å²) >= 11 is 0. The van der Waals surface area contributed by atoms with Crippen LogP contribution >= 0.6 is 0 Å². The van der Waals surface area contributed by atoms with Crippen LogP contribution in [0.5, 0.6) is 11.5 Å². The van der Waals surface area contributed by atoms with Crippen LogP contribution in [0, 0.1) is 5.92 Å². The van der Waals surface area contributed by atoms with E-state index in [9.17, 15) is 4.79 Å². The fraction of sp³-hybridized carbons (Fsp3) is 0.556. The van der Waals surface area contributed by atoms with Crippen molar-refractivity contribution in [1.29, 1.82) is 0 Å². The van der Waals surface area contributed by atoms with Gasteiger partial charge in [-0.25, -0.2) is 5.43 Å². The molecule has 0 spiro atoms. The van der Waals surface area contributed by atoms with Gasteiger partial charge in [-0.05, 0) is 50.3 Å². The first-order valence-electron chi connectivity index (χ1n) is 8.42. The number of ether oxygens (including phenoxy) is 2. The first-order valence-corrected chi connectivity index (χ1v) is 8.42. The molecule has 1 fully saturated rings. The quantitative estimate of drug-likeness (QED) is 0.907. The Hall–Kier alpha value is -2.04. The molecule has 0 radical (unpaired) electrons. The van der Waals surface area contributed by atoms with Crippen LogP contribution in [0.15, 0.2) is 23.3 Å². The Kier molecular flexibility index (Phi) is 4.84. The predicted octanol–water partition coefficient (Wildman–Crippen LogP) is 3.27. The third kappa shape index (κ3) is 3.49. The van der Waals surface area contributed by atoms with Crippen LogP contribution in [0.3, 0.4) is 0 Å². The molecule has 23 heavy (non-hydrogen) atoms. The molecule has 1 heterocycles. The fourth-order valence-corrected chi connectivity index (χ4v) is 3.33. The molecule has 1 aliphatic heterocycles. The highest BCUT2D eigenvalue weighted by Gasteiger charge is 2.25. The lowest BCUT2D eigenvalue weighted by atomic mass is 9.90. The molecule has 1 N–H and O–H groups in total. The van der Waals surface area contributed by atoms with Crippen LogP contribution in [-0.4, -0.2) is 24.8 Å². The van der Waals surface area contributed by atoms with Gasteiger partial charge in [0.25, 0.3) is 0 Å². The predicted molar refractivity (Wildman–Crippen MR) is 89.0 cm³/mol. The van der Waals surface area contributed by atoms with Gasteiger partial charge in [0.15, 0.2) is 11.5 Å². The van der Waals surface area contributed by atoms with E-state index in [1.54, 1.807) is 7.11 Å².